The van der Waals surface area contributed by atoms with Gasteiger partial charge < -0.3 is 9.64 Å². The van der Waals surface area contributed by atoms with E-state index in [0.717, 1.165) is 27.5 Å². The van der Waals surface area contributed by atoms with Gasteiger partial charge in [0.05, 0.1) is 6.04 Å². The molecule has 0 bridgehead atoms. The molecule has 0 saturated heterocycles. The van der Waals surface area contributed by atoms with Crippen LogP contribution in [-0.4, -0.2) is 35.4 Å². The predicted octanol–water partition coefficient (Wildman–Crippen LogP) is 4.68. The molecule has 1 aliphatic rings. The third kappa shape index (κ3) is 3.97. The first kappa shape index (κ1) is 18.0. The van der Waals surface area contributed by atoms with Crippen molar-refractivity contribution in [1.82, 2.24) is 4.90 Å². The van der Waals surface area contributed by atoms with Crippen molar-refractivity contribution in [3.8, 4) is 0 Å². The molecule has 3 nitrogen and oxygen atoms in total. The van der Waals surface area contributed by atoms with Gasteiger partial charge in [0, 0.05) is 23.3 Å². The van der Waals surface area contributed by atoms with Crippen LogP contribution < -0.4 is 0 Å². The van der Waals surface area contributed by atoms with Gasteiger partial charge in [-0.15, -0.1) is 11.8 Å². The molecule has 1 aliphatic heterocycles. The molecule has 0 aliphatic carbocycles. The topological polar surface area (TPSA) is 29.5 Å². The lowest BCUT2D eigenvalue weighted by atomic mass is 9.98. The largest absolute Gasteiger partial charge is 0.444 e. The molecule has 1 amide bonds. The van der Waals surface area contributed by atoms with Crippen molar-refractivity contribution in [2.75, 3.05) is 12.8 Å². The molecule has 1 atom stereocenters. The molecule has 0 saturated carbocycles. The number of aryl methyl sites for hydroxylation is 1. The molecule has 0 radical (unpaired) electrons. The average Bonchev–Trinajstić information content (AvgIpc) is 2.91. The third-order valence-corrected chi connectivity index (χ3v) is 4.98. The van der Waals surface area contributed by atoms with Crippen LogP contribution in [0.25, 0.3) is 0 Å². The first-order valence-corrected chi connectivity index (χ1v) is 8.61. The Morgan fingerprint density at radius 3 is 2.61 bits per heavy atom. The lowest BCUT2D eigenvalue weighted by Crippen LogP contribution is -2.47. The van der Waals surface area contributed by atoms with Crippen molar-refractivity contribution in [3.05, 3.63) is 29.3 Å². The monoisotopic (exact) mass is 343 g/mol. The van der Waals surface area contributed by atoms with Crippen LogP contribution in [-0.2, 0) is 17.1 Å². The zero-order valence-electron chi connectivity index (χ0n) is 14.2. The second kappa shape index (κ2) is 6.30. The highest BCUT2D eigenvalue weighted by molar-refractivity contribution is 7.99. The lowest BCUT2D eigenvalue weighted by molar-refractivity contribution is -0.0782. The minimum atomic E-state index is -3.14. The van der Waals surface area contributed by atoms with Crippen LogP contribution in [0.15, 0.2) is 23.1 Å². The van der Waals surface area contributed by atoms with E-state index in [0.29, 0.717) is 0 Å². The summed E-state index contributed by atoms with van der Waals surface area (Å²) in [5.74, 6) is -2.22. The Kier molecular flexibility index (Phi) is 4.95. The van der Waals surface area contributed by atoms with Gasteiger partial charge in [0.15, 0.2) is 0 Å². The number of alkyl halides is 2. The van der Waals surface area contributed by atoms with E-state index >= 15 is 0 Å². The van der Waals surface area contributed by atoms with E-state index in [1.54, 1.807) is 44.7 Å². The number of likely N-dealkylation sites (N-methyl/N-ethyl adjacent to an activating group) is 1. The number of halogens is 2. The molecule has 128 valence electrons. The molecule has 1 unspecified atom stereocenters. The zero-order valence-corrected chi connectivity index (χ0v) is 15.0. The van der Waals surface area contributed by atoms with Crippen molar-refractivity contribution in [2.24, 2.45) is 0 Å². The van der Waals surface area contributed by atoms with Gasteiger partial charge in [-0.25, -0.2) is 4.79 Å². The molecule has 0 N–H and O–H groups in total. The fourth-order valence-corrected chi connectivity index (χ4v) is 3.42. The van der Waals surface area contributed by atoms with Gasteiger partial charge in [0.1, 0.15) is 5.60 Å². The summed E-state index contributed by atoms with van der Waals surface area (Å²) in [4.78, 5) is 14.1. The van der Waals surface area contributed by atoms with Gasteiger partial charge >= 0.3 is 6.09 Å². The molecule has 6 heteroatoms. The van der Waals surface area contributed by atoms with Gasteiger partial charge in [0.2, 0.25) is 0 Å². The first-order chi connectivity index (χ1) is 10.5. The molecule has 1 aromatic rings. The Bertz CT molecular complexity index is 599. The number of benzene rings is 1. The van der Waals surface area contributed by atoms with Crippen LogP contribution in [0.2, 0.25) is 0 Å². The minimum Gasteiger partial charge on any atom is -0.444 e. The Labute approximate surface area is 140 Å². The number of amides is 1. The maximum Gasteiger partial charge on any atom is 0.410 e. The highest BCUT2D eigenvalue weighted by Gasteiger charge is 2.43. The Balaban J connectivity index is 2.19. The number of rotatable bonds is 3. The Hall–Kier alpha value is -1.30. The van der Waals surface area contributed by atoms with Crippen LogP contribution in [0.1, 0.15) is 38.8 Å². The van der Waals surface area contributed by atoms with E-state index in [2.05, 4.69) is 0 Å². The molecule has 0 aromatic heterocycles. The Morgan fingerprint density at radius 1 is 1.35 bits per heavy atom. The quantitative estimate of drug-likeness (QED) is 0.798. The van der Waals surface area contributed by atoms with Crippen LogP contribution in [0.5, 0.6) is 0 Å². The summed E-state index contributed by atoms with van der Waals surface area (Å²) in [5, 5.41) is 0. The second-order valence-corrected chi connectivity index (χ2v) is 7.95. The predicted molar refractivity (Wildman–Crippen MR) is 88.2 cm³/mol. The van der Waals surface area contributed by atoms with Gasteiger partial charge in [-0.2, -0.15) is 8.78 Å². The van der Waals surface area contributed by atoms with Gasteiger partial charge in [-0.1, -0.05) is 6.07 Å². The summed E-state index contributed by atoms with van der Waals surface area (Å²) < 4.78 is 34.8. The van der Waals surface area contributed by atoms with Crippen molar-refractivity contribution >= 4 is 17.9 Å². The molecular weight excluding hydrogens is 320 g/mol. The average molecular weight is 343 g/mol. The number of nitrogens with zero attached hydrogens (tertiary/aromatic N) is 1. The van der Waals surface area contributed by atoms with Gasteiger partial charge in [0.25, 0.3) is 5.92 Å². The molecule has 23 heavy (non-hydrogen) atoms. The fraction of sp³-hybridized carbons (Fsp3) is 0.588. The Morgan fingerprint density at radius 2 is 2.00 bits per heavy atom. The second-order valence-electron chi connectivity index (χ2n) is 6.81. The smallest absolute Gasteiger partial charge is 0.410 e. The molecule has 1 aromatic carbocycles. The number of thioether (sulfide) groups is 1. The number of hydrogen-bond acceptors (Lipinski definition) is 3. The normalized spacial score (nSPS) is 16.0. The van der Waals surface area contributed by atoms with E-state index in [4.69, 9.17) is 4.74 Å². The summed E-state index contributed by atoms with van der Waals surface area (Å²) in [6.45, 7) is 6.46. The summed E-state index contributed by atoms with van der Waals surface area (Å²) in [6.07, 6.45) is 0.0570. The molecular formula is C17H23F2NO2S. The summed E-state index contributed by atoms with van der Waals surface area (Å²) in [5.41, 5.74) is 0.187. The number of fused-ring (bicyclic) bond motifs is 1. The van der Waals surface area contributed by atoms with Crippen molar-refractivity contribution < 1.29 is 18.3 Å². The van der Waals surface area contributed by atoms with E-state index in [1.165, 1.54) is 20.0 Å². The lowest BCUT2D eigenvalue weighted by Gasteiger charge is -2.33. The molecule has 0 spiro atoms. The van der Waals surface area contributed by atoms with Crippen LogP contribution in [0, 0.1) is 0 Å². The molecule has 2 rings (SSSR count). The van der Waals surface area contributed by atoms with Crippen molar-refractivity contribution in [3.63, 3.8) is 0 Å². The van der Waals surface area contributed by atoms with Crippen LogP contribution in [0.3, 0.4) is 0 Å². The van der Waals surface area contributed by atoms with Crippen LogP contribution in [0.4, 0.5) is 13.6 Å². The highest BCUT2D eigenvalue weighted by atomic mass is 32.2. The maximum absolute atomic E-state index is 14.8. The van der Waals surface area contributed by atoms with Crippen LogP contribution >= 0.6 is 11.8 Å². The van der Waals surface area contributed by atoms with E-state index in [-0.39, 0.29) is 5.56 Å². The zero-order chi connectivity index (χ0) is 17.4. The summed E-state index contributed by atoms with van der Waals surface area (Å²) >= 11 is 1.68. The minimum absolute atomic E-state index is 0.0540. The third-order valence-electron chi connectivity index (χ3n) is 3.86. The number of carbonyl (C=O) groups is 1. The number of hydrogen-bond donors (Lipinski definition) is 0. The molecule has 0 fully saturated rings. The first-order valence-electron chi connectivity index (χ1n) is 7.62. The van der Waals surface area contributed by atoms with Crippen molar-refractivity contribution in [2.45, 2.75) is 56.6 Å². The summed E-state index contributed by atoms with van der Waals surface area (Å²) in [7, 11) is 1.34. The summed E-state index contributed by atoms with van der Waals surface area (Å²) in [6, 6.07) is 3.46. The number of carbonyl (C=O) groups excluding carboxylic acids is 1. The fourth-order valence-electron chi connectivity index (χ4n) is 2.37. The van der Waals surface area contributed by atoms with E-state index in [1.807, 2.05) is 0 Å². The van der Waals surface area contributed by atoms with Gasteiger partial charge in [-0.05, 0) is 51.8 Å². The molecule has 1 heterocycles. The van der Waals surface area contributed by atoms with Gasteiger partial charge in [-0.3, -0.25) is 0 Å². The number of ether oxygens (including phenoxy) is 1. The van der Waals surface area contributed by atoms with E-state index in [9.17, 15) is 13.6 Å². The highest BCUT2D eigenvalue weighted by Crippen LogP contribution is 2.39. The standard InChI is InChI=1S/C17H23F2NO2S/c1-11(20(5)15(21)22-16(2,3)4)17(18,19)13-6-7-14-12(10-13)8-9-23-14/h6-7,10-11H,8-9H2,1-5H3. The maximum atomic E-state index is 14.8. The van der Waals surface area contributed by atoms with E-state index < -0.39 is 23.7 Å². The van der Waals surface area contributed by atoms with Crippen molar-refractivity contribution in [1.29, 1.82) is 0 Å². The SMILES string of the molecule is CC(N(C)C(=O)OC(C)(C)C)C(F)(F)c1ccc2c(c1)CCS2.